The fraction of sp³-hybridized carbons (Fsp3) is 0.562. The molecule has 1 heterocycles. The maximum atomic E-state index is 12.0. The Morgan fingerprint density at radius 3 is 2.85 bits per heavy atom. The third-order valence-corrected chi connectivity index (χ3v) is 3.85. The van der Waals surface area contributed by atoms with E-state index in [2.05, 4.69) is 37.4 Å². The maximum absolute atomic E-state index is 12.0. The first-order valence-electron chi connectivity index (χ1n) is 7.29. The Labute approximate surface area is 120 Å². The van der Waals surface area contributed by atoms with Crippen LogP contribution in [0.15, 0.2) is 18.2 Å². The van der Waals surface area contributed by atoms with Crippen molar-refractivity contribution in [3.8, 4) is 0 Å². The van der Waals surface area contributed by atoms with Gasteiger partial charge in [0.25, 0.3) is 0 Å². The lowest BCUT2D eigenvalue weighted by Gasteiger charge is -2.13. The summed E-state index contributed by atoms with van der Waals surface area (Å²) in [4.78, 5) is 12.0. The van der Waals surface area contributed by atoms with Crippen LogP contribution in [-0.2, 0) is 16.0 Å². The number of nitrogens with two attached hydrogens (primary N) is 1. The van der Waals surface area contributed by atoms with Crippen molar-refractivity contribution in [1.29, 1.82) is 0 Å². The normalized spacial score (nSPS) is 21.9. The average molecular weight is 276 g/mol. The number of aryl methyl sites for hydroxylation is 2. The standard InChI is InChI=1S/C16H24N2O2/c1-11-3-4-13(12(2)9-11)7-8-18-16(19)15-6-5-14(10-17)20-15/h3-4,9,14-15H,5-8,10,17H2,1-2H3,(H,18,19)/t14-,15+/m1/s1. The summed E-state index contributed by atoms with van der Waals surface area (Å²) in [6, 6.07) is 6.41. The molecule has 3 N–H and O–H groups in total. The molecule has 0 saturated carbocycles. The first-order chi connectivity index (χ1) is 9.60. The van der Waals surface area contributed by atoms with Crippen LogP contribution >= 0.6 is 0 Å². The maximum Gasteiger partial charge on any atom is 0.249 e. The molecule has 0 aliphatic carbocycles. The quantitative estimate of drug-likeness (QED) is 0.856. The zero-order chi connectivity index (χ0) is 14.5. The summed E-state index contributed by atoms with van der Waals surface area (Å²) in [5.41, 5.74) is 9.37. The van der Waals surface area contributed by atoms with Crippen molar-refractivity contribution in [1.82, 2.24) is 5.32 Å². The Morgan fingerprint density at radius 1 is 1.40 bits per heavy atom. The molecule has 1 aromatic carbocycles. The van der Waals surface area contributed by atoms with Gasteiger partial charge in [0.1, 0.15) is 6.10 Å². The molecule has 2 rings (SSSR count). The lowest BCUT2D eigenvalue weighted by molar-refractivity contribution is -0.131. The van der Waals surface area contributed by atoms with Gasteiger partial charge in [-0.05, 0) is 44.2 Å². The molecule has 1 aliphatic rings. The van der Waals surface area contributed by atoms with E-state index in [-0.39, 0.29) is 18.1 Å². The third-order valence-electron chi connectivity index (χ3n) is 3.85. The van der Waals surface area contributed by atoms with Crippen LogP contribution in [0.25, 0.3) is 0 Å². The zero-order valence-corrected chi connectivity index (χ0v) is 12.3. The molecule has 110 valence electrons. The van der Waals surface area contributed by atoms with Crippen LogP contribution in [-0.4, -0.2) is 31.2 Å². The van der Waals surface area contributed by atoms with Gasteiger partial charge < -0.3 is 15.8 Å². The van der Waals surface area contributed by atoms with Gasteiger partial charge in [-0.3, -0.25) is 4.79 Å². The number of benzene rings is 1. The number of rotatable bonds is 5. The van der Waals surface area contributed by atoms with Crippen molar-refractivity contribution in [3.63, 3.8) is 0 Å². The van der Waals surface area contributed by atoms with Crippen LogP contribution in [0.4, 0.5) is 0 Å². The molecule has 1 saturated heterocycles. The van der Waals surface area contributed by atoms with E-state index < -0.39 is 0 Å². The monoisotopic (exact) mass is 276 g/mol. The Hall–Kier alpha value is -1.39. The number of hydrogen-bond donors (Lipinski definition) is 2. The Morgan fingerprint density at radius 2 is 2.20 bits per heavy atom. The fourth-order valence-corrected chi connectivity index (χ4v) is 2.63. The van der Waals surface area contributed by atoms with Crippen molar-refractivity contribution >= 4 is 5.91 Å². The summed E-state index contributed by atoms with van der Waals surface area (Å²) in [6.07, 6.45) is 2.24. The van der Waals surface area contributed by atoms with E-state index in [1.165, 1.54) is 16.7 Å². The molecule has 0 spiro atoms. The highest BCUT2D eigenvalue weighted by Gasteiger charge is 2.29. The summed E-state index contributed by atoms with van der Waals surface area (Å²) in [6.45, 7) is 5.34. The van der Waals surface area contributed by atoms with E-state index in [9.17, 15) is 4.79 Å². The molecular weight excluding hydrogens is 252 g/mol. The predicted octanol–water partition coefficient (Wildman–Crippen LogP) is 1.47. The number of amides is 1. The number of carbonyl (C=O) groups is 1. The molecule has 0 bridgehead atoms. The second-order valence-corrected chi connectivity index (χ2v) is 5.53. The van der Waals surface area contributed by atoms with Crippen molar-refractivity contribution in [2.24, 2.45) is 5.73 Å². The van der Waals surface area contributed by atoms with E-state index in [0.717, 1.165) is 19.3 Å². The molecule has 1 fully saturated rings. The minimum absolute atomic E-state index is 0.00860. The van der Waals surface area contributed by atoms with Gasteiger partial charge in [0.05, 0.1) is 6.10 Å². The molecule has 0 unspecified atom stereocenters. The van der Waals surface area contributed by atoms with E-state index in [0.29, 0.717) is 13.1 Å². The van der Waals surface area contributed by atoms with Crippen LogP contribution in [0.1, 0.15) is 29.5 Å². The van der Waals surface area contributed by atoms with E-state index in [4.69, 9.17) is 10.5 Å². The van der Waals surface area contributed by atoms with Crippen LogP contribution in [0.3, 0.4) is 0 Å². The Balaban J connectivity index is 1.77. The van der Waals surface area contributed by atoms with Crippen LogP contribution in [0.5, 0.6) is 0 Å². The van der Waals surface area contributed by atoms with Crippen LogP contribution in [0, 0.1) is 13.8 Å². The molecule has 0 radical (unpaired) electrons. The van der Waals surface area contributed by atoms with E-state index >= 15 is 0 Å². The number of carbonyl (C=O) groups excluding carboxylic acids is 1. The summed E-state index contributed by atoms with van der Waals surface area (Å²) < 4.78 is 5.58. The summed E-state index contributed by atoms with van der Waals surface area (Å²) in [5, 5.41) is 2.95. The van der Waals surface area contributed by atoms with E-state index in [1.807, 2.05) is 0 Å². The molecule has 1 amide bonds. The van der Waals surface area contributed by atoms with Crippen LogP contribution in [0.2, 0.25) is 0 Å². The molecule has 20 heavy (non-hydrogen) atoms. The predicted molar refractivity (Wildman–Crippen MR) is 79.6 cm³/mol. The highest BCUT2D eigenvalue weighted by molar-refractivity contribution is 5.81. The minimum atomic E-state index is -0.317. The van der Waals surface area contributed by atoms with Gasteiger partial charge in [-0.25, -0.2) is 0 Å². The van der Waals surface area contributed by atoms with Gasteiger partial charge in [0.2, 0.25) is 5.91 Å². The first-order valence-corrected chi connectivity index (χ1v) is 7.29. The topological polar surface area (TPSA) is 64.4 Å². The second kappa shape index (κ2) is 6.86. The lowest BCUT2D eigenvalue weighted by atomic mass is 10.0. The third kappa shape index (κ3) is 3.81. The highest BCUT2D eigenvalue weighted by Crippen LogP contribution is 2.18. The average Bonchev–Trinajstić information content (AvgIpc) is 2.90. The highest BCUT2D eigenvalue weighted by atomic mass is 16.5. The van der Waals surface area contributed by atoms with Crippen molar-refractivity contribution < 1.29 is 9.53 Å². The van der Waals surface area contributed by atoms with E-state index in [1.54, 1.807) is 0 Å². The molecule has 1 aliphatic heterocycles. The number of ether oxygens (including phenoxy) is 1. The largest absolute Gasteiger partial charge is 0.364 e. The first kappa shape index (κ1) is 15.0. The number of nitrogens with one attached hydrogen (secondary N) is 1. The summed E-state index contributed by atoms with van der Waals surface area (Å²) >= 11 is 0. The Bertz CT molecular complexity index is 474. The summed E-state index contributed by atoms with van der Waals surface area (Å²) in [7, 11) is 0. The molecular formula is C16H24N2O2. The second-order valence-electron chi connectivity index (χ2n) is 5.53. The zero-order valence-electron chi connectivity index (χ0n) is 12.3. The fourth-order valence-electron chi connectivity index (χ4n) is 2.63. The van der Waals surface area contributed by atoms with Gasteiger partial charge in [-0.1, -0.05) is 23.8 Å². The number of hydrogen-bond acceptors (Lipinski definition) is 3. The van der Waals surface area contributed by atoms with Gasteiger partial charge in [0, 0.05) is 13.1 Å². The molecule has 0 aromatic heterocycles. The van der Waals surface area contributed by atoms with Crippen molar-refractivity contribution in [2.45, 2.75) is 45.3 Å². The summed E-state index contributed by atoms with van der Waals surface area (Å²) in [5.74, 6) is -0.00860. The molecule has 1 aromatic rings. The SMILES string of the molecule is Cc1ccc(CCNC(=O)[C@@H]2CC[C@H](CN)O2)c(C)c1. The van der Waals surface area contributed by atoms with Crippen LogP contribution < -0.4 is 11.1 Å². The van der Waals surface area contributed by atoms with Gasteiger partial charge in [-0.15, -0.1) is 0 Å². The Kier molecular flexibility index (Phi) is 5.15. The lowest BCUT2D eigenvalue weighted by Crippen LogP contribution is -2.36. The van der Waals surface area contributed by atoms with Gasteiger partial charge in [-0.2, -0.15) is 0 Å². The minimum Gasteiger partial charge on any atom is -0.364 e. The van der Waals surface area contributed by atoms with Gasteiger partial charge >= 0.3 is 0 Å². The molecule has 2 atom stereocenters. The molecule has 4 heteroatoms. The van der Waals surface area contributed by atoms with Gasteiger partial charge in [0.15, 0.2) is 0 Å². The van der Waals surface area contributed by atoms with Crippen molar-refractivity contribution in [2.75, 3.05) is 13.1 Å². The van der Waals surface area contributed by atoms with Crippen molar-refractivity contribution in [3.05, 3.63) is 34.9 Å². The molecule has 4 nitrogen and oxygen atoms in total. The smallest absolute Gasteiger partial charge is 0.249 e.